The summed E-state index contributed by atoms with van der Waals surface area (Å²) in [4.78, 5) is 14.2. The molecular weight excluding hydrogens is 292 g/mol. The highest BCUT2D eigenvalue weighted by atomic mass is 16.5. The number of rotatable bonds is 11. The van der Waals surface area contributed by atoms with Crippen molar-refractivity contribution in [3.05, 3.63) is 29.8 Å². The zero-order chi connectivity index (χ0) is 17.1. The lowest BCUT2D eigenvalue weighted by molar-refractivity contribution is -0.117. The molecule has 0 aromatic heterocycles. The number of anilines is 1. The van der Waals surface area contributed by atoms with E-state index in [9.17, 15) is 4.79 Å². The van der Waals surface area contributed by atoms with Gasteiger partial charge in [-0.1, -0.05) is 26.0 Å². The molecule has 0 bridgehead atoms. The van der Waals surface area contributed by atoms with E-state index in [0.717, 1.165) is 12.1 Å². The Balaban J connectivity index is 2.52. The van der Waals surface area contributed by atoms with E-state index in [1.165, 1.54) is 5.56 Å². The first-order valence-electron chi connectivity index (χ1n) is 8.20. The van der Waals surface area contributed by atoms with Crippen LogP contribution in [-0.4, -0.2) is 57.9 Å². The third kappa shape index (κ3) is 7.59. The van der Waals surface area contributed by atoms with Gasteiger partial charge in [0.25, 0.3) is 0 Å². The number of amides is 1. The number of ether oxygens (including phenoxy) is 2. The van der Waals surface area contributed by atoms with Crippen molar-refractivity contribution in [1.29, 1.82) is 0 Å². The first kappa shape index (κ1) is 19.6. The van der Waals surface area contributed by atoms with Crippen LogP contribution in [0.4, 0.5) is 5.69 Å². The summed E-state index contributed by atoms with van der Waals surface area (Å²) in [5.41, 5.74) is 2.13. The fraction of sp³-hybridized carbons (Fsp3) is 0.611. The average molecular weight is 322 g/mol. The van der Waals surface area contributed by atoms with Crippen LogP contribution >= 0.6 is 0 Å². The lowest BCUT2D eigenvalue weighted by atomic mass is 9.99. The minimum Gasteiger partial charge on any atom is -0.383 e. The number of methoxy groups -OCH3 is 2. The third-order valence-corrected chi connectivity index (χ3v) is 3.97. The maximum absolute atomic E-state index is 12.2. The van der Waals surface area contributed by atoms with Gasteiger partial charge in [-0.05, 0) is 30.0 Å². The van der Waals surface area contributed by atoms with E-state index in [-0.39, 0.29) is 5.91 Å². The van der Waals surface area contributed by atoms with Gasteiger partial charge in [-0.3, -0.25) is 9.69 Å². The largest absolute Gasteiger partial charge is 0.383 e. The van der Waals surface area contributed by atoms with Crippen LogP contribution in [0.3, 0.4) is 0 Å². The van der Waals surface area contributed by atoms with Crippen LogP contribution in [0, 0.1) is 0 Å². The molecular formula is C18H30N2O3. The molecule has 1 atom stereocenters. The highest BCUT2D eigenvalue weighted by molar-refractivity contribution is 5.92. The van der Waals surface area contributed by atoms with Gasteiger partial charge in [0.05, 0.1) is 19.8 Å². The predicted octanol–water partition coefficient (Wildman–Crippen LogP) is 2.73. The van der Waals surface area contributed by atoms with Crippen molar-refractivity contribution in [2.24, 2.45) is 0 Å². The summed E-state index contributed by atoms with van der Waals surface area (Å²) >= 11 is 0. The average Bonchev–Trinajstić information content (AvgIpc) is 2.57. The van der Waals surface area contributed by atoms with Crippen molar-refractivity contribution in [1.82, 2.24) is 4.90 Å². The Hall–Kier alpha value is -1.43. The van der Waals surface area contributed by atoms with Gasteiger partial charge < -0.3 is 14.8 Å². The molecule has 5 nitrogen and oxygen atoms in total. The Labute approximate surface area is 140 Å². The molecule has 0 saturated carbocycles. The number of nitrogens with zero attached hydrogens (tertiary/aromatic N) is 1. The fourth-order valence-corrected chi connectivity index (χ4v) is 2.24. The predicted molar refractivity (Wildman–Crippen MR) is 94.0 cm³/mol. The number of hydrogen-bond acceptors (Lipinski definition) is 4. The second kappa shape index (κ2) is 11.2. The first-order chi connectivity index (χ1) is 11.1. The van der Waals surface area contributed by atoms with E-state index >= 15 is 0 Å². The van der Waals surface area contributed by atoms with E-state index in [0.29, 0.717) is 38.8 Å². The summed E-state index contributed by atoms with van der Waals surface area (Å²) in [7, 11) is 3.32. The molecule has 0 radical (unpaired) electrons. The quantitative estimate of drug-likeness (QED) is 0.680. The molecule has 1 N–H and O–H groups in total. The van der Waals surface area contributed by atoms with Crippen LogP contribution in [0.25, 0.3) is 0 Å². The molecule has 0 aliphatic heterocycles. The molecule has 0 aliphatic rings. The third-order valence-electron chi connectivity index (χ3n) is 3.97. The van der Waals surface area contributed by atoms with Crippen LogP contribution in [0.2, 0.25) is 0 Å². The Kier molecular flexibility index (Phi) is 9.52. The summed E-state index contributed by atoms with van der Waals surface area (Å²) in [6.07, 6.45) is 1.11. The number of nitrogens with one attached hydrogen (secondary N) is 1. The van der Waals surface area contributed by atoms with Crippen molar-refractivity contribution in [2.45, 2.75) is 26.2 Å². The highest BCUT2D eigenvalue weighted by Gasteiger charge is 2.11. The van der Waals surface area contributed by atoms with Gasteiger partial charge in [0, 0.05) is 33.0 Å². The van der Waals surface area contributed by atoms with Crippen LogP contribution < -0.4 is 5.32 Å². The summed E-state index contributed by atoms with van der Waals surface area (Å²) in [6, 6.07) is 8.09. The minimum atomic E-state index is -0.0199. The molecule has 0 fully saturated rings. The van der Waals surface area contributed by atoms with Gasteiger partial charge in [-0.2, -0.15) is 0 Å². The van der Waals surface area contributed by atoms with Gasteiger partial charge in [0.15, 0.2) is 0 Å². The molecule has 1 amide bonds. The molecule has 1 aromatic carbocycles. The van der Waals surface area contributed by atoms with E-state index in [2.05, 4.69) is 31.3 Å². The monoisotopic (exact) mass is 322 g/mol. The molecule has 0 heterocycles. The van der Waals surface area contributed by atoms with Crippen molar-refractivity contribution in [3.63, 3.8) is 0 Å². The Morgan fingerprint density at radius 1 is 1.13 bits per heavy atom. The van der Waals surface area contributed by atoms with Crippen molar-refractivity contribution >= 4 is 11.6 Å². The zero-order valence-electron chi connectivity index (χ0n) is 14.8. The molecule has 130 valence electrons. The number of benzene rings is 1. The van der Waals surface area contributed by atoms with Crippen LogP contribution in [-0.2, 0) is 14.3 Å². The van der Waals surface area contributed by atoms with E-state index in [4.69, 9.17) is 9.47 Å². The van der Waals surface area contributed by atoms with E-state index in [1.807, 2.05) is 17.0 Å². The normalized spacial score (nSPS) is 12.4. The summed E-state index contributed by atoms with van der Waals surface area (Å²) < 4.78 is 10.2. The standard InChI is InChI=1S/C18H30N2O3/c1-5-15(2)16-6-8-17(9-7-16)19-18(21)14-20(10-12-22-3)11-13-23-4/h6-9,15H,5,10-14H2,1-4H3,(H,19,21). The summed E-state index contributed by atoms with van der Waals surface area (Å²) in [5.74, 6) is 0.520. The topological polar surface area (TPSA) is 50.8 Å². The molecule has 23 heavy (non-hydrogen) atoms. The molecule has 1 rings (SSSR count). The molecule has 0 saturated heterocycles. The van der Waals surface area contributed by atoms with Crippen molar-refractivity contribution in [2.75, 3.05) is 52.4 Å². The van der Waals surface area contributed by atoms with Crippen molar-refractivity contribution < 1.29 is 14.3 Å². The lowest BCUT2D eigenvalue weighted by Gasteiger charge is -2.21. The Morgan fingerprint density at radius 2 is 1.70 bits per heavy atom. The van der Waals surface area contributed by atoms with E-state index < -0.39 is 0 Å². The Morgan fingerprint density at radius 3 is 2.17 bits per heavy atom. The van der Waals surface area contributed by atoms with Crippen LogP contribution in [0.1, 0.15) is 31.7 Å². The fourth-order valence-electron chi connectivity index (χ4n) is 2.24. The van der Waals surface area contributed by atoms with Gasteiger partial charge >= 0.3 is 0 Å². The van der Waals surface area contributed by atoms with E-state index in [1.54, 1.807) is 14.2 Å². The second-order valence-electron chi connectivity index (χ2n) is 5.74. The highest BCUT2D eigenvalue weighted by Crippen LogP contribution is 2.20. The maximum atomic E-state index is 12.2. The maximum Gasteiger partial charge on any atom is 0.238 e. The Bertz CT molecular complexity index is 440. The van der Waals surface area contributed by atoms with Gasteiger partial charge in [0.1, 0.15) is 0 Å². The van der Waals surface area contributed by atoms with Crippen LogP contribution in [0.5, 0.6) is 0 Å². The summed E-state index contributed by atoms with van der Waals surface area (Å²) in [6.45, 7) is 7.33. The number of carbonyl (C=O) groups excluding carboxylic acids is 1. The van der Waals surface area contributed by atoms with Crippen LogP contribution in [0.15, 0.2) is 24.3 Å². The molecule has 0 spiro atoms. The number of carbonyl (C=O) groups is 1. The van der Waals surface area contributed by atoms with Gasteiger partial charge in [-0.25, -0.2) is 0 Å². The second-order valence-corrected chi connectivity index (χ2v) is 5.74. The molecule has 1 aromatic rings. The first-order valence-corrected chi connectivity index (χ1v) is 8.20. The van der Waals surface area contributed by atoms with Gasteiger partial charge in [-0.15, -0.1) is 0 Å². The molecule has 5 heteroatoms. The van der Waals surface area contributed by atoms with Crippen molar-refractivity contribution in [3.8, 4) is 0 Å². The smallest absolute Gasteiger partial charge is 0.238 e. The zero-order valence-corrected chi connectivity index (χ0v) is 14.8. The number of hydrogen-bond donors (Lipinski definition) is 1. The summed E-state index contributed by atoms with van der Waals surface area (Å²) in [5, 5.41) is 2.95. The minimum absolute atomic E-state index is 0.0199. The molecule has 1 unspecified atom stereocenters. The molecule has 0 aliphatic carbocycles. The van der Waals surface area contributed by atoms with Gasteiger partial charge in [0.2, 0.25) is 5.91 Å². The lowest BCUT2D eigenvalue weighted by Crippen LogP contribution is -2.37. The SMILES string of the molecule is CCC(C)c1ccc(NC(=O)CN(CCOC)CCOC)cc1.